The molecule has 0 aliphatic carbocycles. The van der Waals surface area contributed by atoms with Crippen LogP contribution in [0.3, 0.4) is 0 Å². The van der Waals surface area contributed by atoms with E-state index in [0.29, 0.717) is 23.9 Å². The molecule has 0 aliphatic rings. The summed E-state index contributed by atoms with van der Waals surface area (Å²) in [7, 11) is 4.61. The lowest BCUT2D eigenvalue weighted by Crippen LogP contribution is -2.38. The van der Waals surface area contributed by atoms with E-state index in [9.17, 15) is 9.59 Å². The standard InChI is InChI=1S/C34H59NO7/c1-6-8-9-10-11-12-13-14-15-16-17-18-19-20-21-22-23-41-28-32(36)35(27-33(37)42-7-2)26-29-24-30(38-3)34(40-5)31(25-29)39-4/h24-25H,6-23,26-28H2,1-5H3. The monoisotopic (exact) mass is 593 g/mol. The summed E-state index contributed by atoms with van der Waals surface area (Å²) in [6.45, 7) is 4.73. The molecule has 0 unspecified atom stereocenters. The van der Waals surface area contributed by atoms with Crippen molar-refractivity contribution in [1.82, 2.24) is 4.90 Å². The predicted octanol–water partition coefficient (Wildman–Crippen LogP) is 7.88. The minimum atomic E-state index is -0.462. The second-order valence-electron chi connectivity index (χ2n) is 10.9. The van der Waals surface area contributed by atoms with Crippen molar-refractivity contribution in [2.24, 2.45) is 0 Å². The summed E-state index contributed by atoms with van der Waals surface area (Å²) < 4.78 is 27.0. The highest BCUT2D eigenvalue weighted by Crippen LogP contribution is 2.38. The van der Waals surface area contributed by atoms with E-state index in [1.807, 2.05) is 0 Å². The van der Waals surface area contributed by atoms with Gasteiger partial charge in [-0.05, 0) is 31.0 Å². The minimum absolute atomic E-state index is 0.0808. The van der Waals surface area contributed by atoms with Crippen molar-refractivity contribution < 1.29 is 33.3 Å². The highest BCUT2D eigenvalue weighted by atomic mass is 16.5. The number of hydrogen-bond acceptors (Lipinski definition) is 7. The Balaban J connectivity index is 2.29. The number of nitrogens with zero attached hydrogens (tertiary/aromatic N) is 1. The van der Waals surface area contributed by atoms with Crippen molar-refractivity contribution in [2.45, 2.75) is 123 Å². The molecule has 8 heteroatoms. The predicted molar refractivity (Wildman–Crippen MR) is 169 cm³/mol. The molecule has 0 saturated carbocycles. The summed E-state index contributed by atoms with van der Waals surface area (Å²) in [5, 5.41) is 0. The molecule has 0 fully saturated rings. The van der Waals surface area contributed by atoms with Crippen LogP contribution in [0.5, 0.6) is 17.2 Å². The zero-order valence-corrected chi connectivity index (χ0v) is 27.3. The molecule has 242 valence electrons. The van der Waals surface area contributed by atoms with Crippen LogP contribution in [0.15, 0.2) is 12.1 Å². The molecule has 0 N–H and O–H groups in total. The number of unbranched alkanes of at least 4 members (excludes halogenated alkanes) is 15. The van der Waals surface area contributed by atoms with Crippen LogP contribution in [0, 0.1) is 0 Å². The SMILES string of the molecule is CCCCCCCCCCCCCCCCCCOCC(=O)N(CC(=O)OCC)Cc1cc(OC)c(OC)c(OC)c1. The van der Waals surface area contributed by atoms with Crippen LogP contribution in [0.4, 0.5) is 0 Å². The van der Waals surface area contributed by atoms with Crippen molar-refractivity contribution >= 4 is 11.9 Å². The number of benzene rings is 1. The fraction of sp³-hybridized carbons (Fsp3) is 0.765. The van der Waals surface area contributed by atoms with Gasteiger partial charge in [0.1, 0.15) is 13.2 Å². The lowest BCUT2D eigenvalue weighted by atomic mass is 10.0. The third-order valence-corrected chi connectivity index (χ3v) is 7.44. The molecular weight excluding hydrogens is 534 g/mol. The number of amides is 1. The van der Waals surface area contributed by atoms with Crippen molar-refractivity contribution in [1.29, 1.82) is 0 Å². The maximum Gasteiger partial charge on any atom is 0.325 e. The Morgan fingerprint density at radius 2 is 1.14 bits per heavy atom. The zero-order chi connectivity index (χ0) is 30.8. The fourth-order valence-electron chi connectivity index (χ4n) is 5.04. The Morgan fingerprint density at radius 3 is 1.57 bits per heavy atom. The Labute approximate surface area is 255 Å². The molecule has 1 amide bonds. The van der Waals surface area contributed by atoms with Gasteiger partial charge < -0.3 is 28.6 Å². The van der Waals surface area contributed by atoms with E-state index in [0.717, 1.165) is 18.4 Å². The third kappa shape index (κ3) is 16.8. The van der Waals surface area contributed by atoms with Crippen LogP contribution in [-0.4, -0.2) is 64.5 Å². The quantitative estimate of drug-likeness (QED) is 0.0758. The maximum absolute atomic E-state index is 13.0. The fourth-order valence-corrected chi connectivity index (χ4v) is 5.04. The topological polar surface area (TPSA) is 83.5 Å². The summed E-state index contributed by atoms with van der Waals surface area (Å²) >= 11 is 0. The second-order valence-corrected chi connectivity index (χ2v) is 10.9. The first kappa shape index (κ1) is 37.5. The molecule has 0 bridgehead atoms. The molecule has 1 aromatic carbocycles. The van der Waals surface area contributed by atoms with Gasteiger partial charge in [-0.3, -0.25) is 9.59 Å². The molecule has 1 rings (SSSR count). The van der Waals surface area contributed by atoms with Gasteiger partial charge in [-0.25, -0.2) is 0 Å². The Kier molecular flexibility index (Phi) is 22.4. The van der Waals surface area contributed by atoms with Gasteiger partial charge >= 0.3 is 5.97 Å². The van der Waals surface area contributed by atoms with Gasteiger partial charge in [0.05, 0.1) is 27.9 Å². The van der Waals surface area contributed by atoms with Crippen LogP contribution < -0.4 is 14.2 Å². The number of rotatable bonds is 27. The lowest BCUT2D eigenvalue weighted by molar-refractivity contribution is -0.150. The van der Waals surface area contributed by atoms with Gasteiger partial charge in [-0.15, -0.1) is 0 Å². The van der Waals surface area contributed by atoms with Crippen LogP contribution in [-0.2, 0) is 25.6 Å². The van der Waals surface area contributed by atoms with E-state index >= 15 is 0 Å². The largest absolute Gasteiger partial charge is 0.493 e. The van der Waals surface area contributed by atoms with Crippen LogP contribution in [0.2, 0.25) is 0 Å². The molecule has 8 nitrogen and oxygen atoms in total. The van der Waals surface area contributed by atoms with E-state index < -0.39 is 5.97 Å². The zero-order valence-electron chi connectivity index (χ0n) is 27.3. The van der Waals surface area contributed by atoms with Gasteiger partial charge in [0.25, 0.3) is 0 Å². The highest BCUT2D eigenvalue weighted by molar-refractivity contribution is 5.83. The minimum Gasteiger partial charge on any atom is -0.493 e. The van der Waals surface area contributed by atoms with Crippen molar-refractivity contribution in [3.05, 3.63) is 17.7 Å². The second kappa shape index (κ2) is 25.1. The molecular formula is C34H59NO7. The molecule has 1 aromatic rings. The van der Waals surface area contributed by atoms with E-state index in [-0.39, 0.29) is 32.2 Å². The van der Waals surface area contributed by atoms with Crippen molar-refractivity contribution in [3.63, 3.8) is 0 Å². The van der Waals surface area contributed by atoms with Crippen LogP contribution >= 0.6 is 0 Å². The molecule has 0 radical (unpaired) electrons. The average molecular weight is 594 g/mol. The van der Waals surface area contributed by atoms with Crippen molar-refractivity contribution in [2.75, 3.05) is 47.7 Å². The third-order valence-electron chi connectivity index (χ3n) is 7.44. The van der Waals surface area contributed by atoms with Gasteiger partial charge in [0.2, 0.25) is 11.7 Å². The smallest absolute Gasteiger partial charge is 0.325 e. The summed E-state index contributed by atoms with van der Waals surface area (Å²) in [4.78, 5) is 26.6. The number of hydrogen-bond donors (Lipinski definition) is 0. The van der Waals surface area contributed by atoms with E-state index in [4.69, 9.17) is 23.7 Å². The first-order chi connectivity index (χ1) is 20.5. The Hall–Kier alpha value is -2.48. The number of ether oxygens (including phenoxy) is 5. The van der Waals surface area contributed by atoms with Gasteiger partial charge in [0, 0.05) is 13.2 Å². The van der Waals surface area contributed by atoms with Gasteiger partial charge in [-0.1, -0.05) is 103 Å². The molecule has 0 spiro atoms. The number of methoxy groups -OCH3 is 3. The number of esters is 1. The average Bonchev–Trinajstić information content (AvgIpc) is 2.99. The summed E-state index contributed by atoms with van der Waals surface area (Å²) in [5.74, 6) is 0.698. The van der Waals surface area contributed by atoms with Gasteiger partial charge in [-0.2, -0.15) is 0 Å². The highest BCUT2D eigenvalue weighted by Gasteiger charge is 2.21. The van der Waals surface area contributed by atoms with Crippen LogP contribution in [0.25, 0.3) is 0 Å². The Morgan fingerprint density at radius 1 is 0.667 bits per heavy atom. The van der Waals surface area contributed by atoms with Gasteiger partial charge in [0.15, 0.2) is 11.5 Å². The first-order valence-corrected chi connectivity index (χ1v) is 16.3. The summed E-state index contributed by atoms with van der Waals surface area (Å²) in [6.07, 6.45) is 21.0. The molecule has 42 heavy (non-hydrogen) atoms. The summed E-state index contributed by atoms with van der Waals surface area (Å²) in [5.41, 5.74) is 0.736. The molecule has 0 saturated heterocycles. The summed E-state index contributed by atoms with van der Waals surface area (Å²) in [6, 6.07) is 3.54. The molecule has 0 heterocycles. The van der Waals surface area contributed by atoms with E-state index in [2.05, 4.69) is 6.92 Å². The van der Waals surface area contributed by atoms with E-state index in [1.54, 1.807) is 19.1 Å². The first-order valence-electron chi connectivity index (χ1n) is 16.3. The molecule has 0 atom stereocenters. The molecule has 0 aliphatic heterocycles. The Bertz CT molecular complexity index is 820. The number of carbonyl (C=O) groups is 2. The number of carbonyl (C=O) groups excluding carboxylic acids is 2. The molecule has 0 aromatic heterocycles. The maximum atomic E-state index is 13.0. The van der Waals surface area contributed by atoms with E-state index in [1.165, 1.54) is 116 Å². The van der Waals surface area contributed by atoms with Crippen molar-refractivity contribution in [3.8, 4) is 17.2 Å². The lowest BCUT2D eigenvalue weighted by Gasteiger charge is -2.23. The van der Waals surface area contributed by atoms with Crippen LogP contribution in [0.1, 0.15) is 122 Å². The normalized spacial score (nSPS) is 10.9.